The van der Waals surface area contributed by atoms with Crippen LogP contribution in [0, 0.1) is 0 Å². The van der Waals surface area contributed by atoms with Crippen LogP contribution in [0.15, 0.2) is 24.3 Å². The van der Waals surface area contributed by atoms with Crippen LogP contribution in [0.25, 0.3) is 0 Å². The Kier molecular flexibility index (Phi) is 3.80. The van der Waals surface area contributed by atoms with Crippen molar-refractivity contribution in [3.63, 3.8) is 0 Å². The van der Waals surface area contributed by atoms with Gasteiger partial charge in [-0.1, -0.05) is 18.2 Å². The second-order valence-electron chi connectivity index (χ2n) is 4.41. The van der Waals surface area contributed by atoms with Gasteiger partial charge in [-0.3, -0.25) is 0 Å². The highest BCUT2D eigenvalue weighted by Crippen LogP contribution is 2.19. The molecule has 88 valence electrons. The Morgan fingerprint density at radius 1 is 1.38 bits per heavy atom. The van der Waals surface area contributed by atoms with Crippen LogP contribution in [-0.4, -0.2) is 23.9 Å². The van der Waals surface area contributed by atoms with E-state index in [9.17, 15) is 5.11 Å². The summed E-state index contributed by atoms with van der Waals surface area (Å²) in [6, 6.07) is 7.41. The van der Waals surface area contributed by atoms with Crippen LogP contribution in [0.4, 0.5) is 0 Å². The molecule has 2 unspecified atom stereocenters. The maximum atomic E-state index is 9.57. The van der Waals surface area contributed by atoms with E-state index >= 15 is 0 Å². The van der Waals surface area contributed by atoms with Gasteiger partial charge in [-0.25, -0.2) is 0 Å². The lowest BCUT2D eigenvalue weighted by molar-refractivity contribution is 0.0558. The highest BCUT2D eigenvalue weighted by atomic mass is 16.5. The molecule has 2 N–H and O–H groups in total. The van der Waals surface area contributed by atoms with Crippen molar-refractivity contribution in [1.82, 2.24) is 5.32 Å². The van der Waals surface area contributed by atoms with E-state index in [-0.39, 0.29) is 0 Å². The zero-order valence-corrected chi connectivity index (χ0v) is 9.65. The van der Waals surface area contributed by atoms with Crippen molar-refractivity contribution >= 4 is 0 Å². The molecule has 2 rings (SSSR count). The summed E-state index contributed by atoms with van der Waals surface area (Å²) in [5, 5.41) is 12.9. The second-order valence-corrected chi connectivity index (χ2v) is 4.41. The summed E-state index contributed by atoms with van der Waals surface area (Å²) in [6.07, 6.45) is 3.02. The number of para-hydroxylation sites is 1. The highest BCUT2D eigenvalue weighted by Gasteiger charge is 2.20. The van der Waals surface area contributed by atoms with E-state index in [1.54, 1.807) is 6.07 Å². The van der Waals surface area contributed by atoms with E-state index in [0.717, 1.165) is 24.9 Å². The number of aromatic hydroxyl groups is 1. The van der Waals surface area contributed by atoms with Crippen molar-refractivity contribution < 1.29 is 9.84 Å². The van der Waals surface area contributed by atoms with Gasteiger partial charge in [-0.15, -0.1) is 0 Å². The summed E-state index contributed by atoms with van der Waals surface area (Å²) in [7, 11) is 0. The summed E-state index contributed by atoms with van der Waals surface area (Å²) in [6.45, 7) is 3.67. The molecule has 3 heteroatoms. The molecule has 0 spiro atoms. The van der Waals surface area contributed by atoms with Gasteiger partial charge in [0.1, 0.15) is 5.75 Å². The molecule has 0 saturated carbocycles. The van der Waals surface area contributed by atoms with E-state index in [1.807, 2.05) is 18.2 Å². The fourth-order valence-electron chi connectivity index (χ4n) is 2.06. The van der Waals surface area contributed by atoms with E-state index in [4.69, 9.17) is 4.74 Å². The first-order valence-corrected chi connectivity index (χ1v) is 5.89. The molecule has 0 aromatic heterocycles. The average molecular weight is 221 g/mol. The predicted octanol–water partition coefficient (Wildman–Crippen LogP) is 2.05. The lowest BCUT2D eigenvalue weighted by Crippen LogP contribution is -2.26. The van der Waals surface area contributed by atoms with Crippen LogP contribution < -0.4 is 5.32 Å². The molecular formula is C13H19NO2. The molecule has 1 saturated heterocycles. The van der Waals surface area contributed by atoms with Crippen molar-refractivity contribution in [1.29, 1.82) is 0 Å². The monoisotopic (exact) mass is 221 g/mol. The van der Waals surface area contributed by atoms with Crippen molar-refractivity contribution in [2.45, 2.75) is 38.5 Å². The van der Waals surface area contributed by atoms with Gasteiger partial charge < -0.3 is 15.2 Å². The average Bonchev–Trinajstić information content (AvgIpc) is 2.67. The minimum absolute atomic E-state index is 0.334. The van der Waals surface area contributed by atoms with E-state index in [1.165, 1.54) is 0 Å². The Labute approximate surface area is 96.4 Å². The predicted molar refractivity (Wildman–Crippen MR) is 63.4 cm³/mol. The minimum Gasteiger partial charge on any atom is -0.508 e. The van der Waals surface area contributed by atoms with Gasteiger partial charge in [0.2, 0.25) is 0 Å². The molecule has 1 aromatic rings. The lowest BCUT2D eigenvalue weighted by Gasteiger charge is -2.12. The Balaban J connectivity index is 1.74. The zero-order valence-electron chi connectivity index (χ0n) is 9.65. The summed E-state index contributed by atoms with van der Waals surface area (Å²) < 4.78 is 5.70. The SMILES string of the molecule is CC1CCC(CNCc2ccccc2O)O1. The minimum atomic E-state index is 0.334. The van der Waals surface area contributed by atoms with Crippen molar-refractivity contribution in [2.75, 3.05) is 6.54 Å². The third kappa shape index (κ3) is 2.97. The number of hydrogen-bond acceptors (Lipinski definition) is 3. The number of phenolic OH excluding ortho intramolecular Hbond substituents is 1. The number of phenols is 1. The normalized spacial score (nSPS) is 24.8. The molecule has 2 atom stereocenters. The van der Waals surface area contributed by atoms with Gasteiger partial charge in [0.15, 0.2) is 0 Å². The quantitative estimate of drug-likeness (QED) is 0.817. The van der Waals surface area contributed by atoms with Crippen LogP contribution in [0.5, 0.6) is 5.75 Å². The van der Waals surface area contributed by atoms with E-state index in [2.05, 4.69) is 12.2 Å². The number of rotatable bonds is 4. The van der Waals surface area contributed by atoms with Crippen molar-refractivity contribution in [3.05, 3.63) is 29.8 Å². The molecule has 1 aliphatic rings. The molecule has 0 radical (unpaired) electrons. The van der Waals surface area contributed by atoms with Gasteiger partial charge in [0.05, 0.1) is 12.2 Å². The van der Waals surface area contributed by atoms with E-state index in [0.29, 0.717) is 24.5 Å². The fourth-order valence-corrected chi connectivity index (χ4v) is 2.06. The maximum absolute atomic E-state index is 9.57. The largest absolute Gasteiger partial charge is 0.508 e. The van der Waals surface area contributed by atoms with Gasteiger partial charge in [0.25, 0.3) is 0 Å². The molecule has 3 nitrogen and oxygen atoms in total. The van der Waals surface area contributed by atoms with Crippen LogP contribution in [0.3, 0.4) is 0 Å². The van der Waals surface area contributed by atoms with Crippen LogP contribution in [0.2, 0.25) is 0 Å². The molecule has 0 bridgehead atoms. The van der Waals surface area contributed by atoms with Gasteiger partial charge in [-0.05, 0) is 25.8 Å². The van der Waals surface area contributed by atoms with Gasteiger partial charge in [0, 0.05) is 18.7 Å². The molecule has 1 fully saturated rings. The van der Waals surface area contributed by atoms with Crippen LogP contribution in [-0.2, 0) is 11.3 Å². The van der Waals surface area contributed by atoms with Gasteiger partial charge in [-0.2, -0.15) is 0 Å². The Morgan fingerprint density at radius 3 is 2.88 bits per heavy atom. The molecule has 1 aliphatic heterocycles. The molecular weight excluding hydrogens is 202 g/mol. The lowest BCUT2D eigenvalue weighted by atomic mass is 10.2. The van der Waals surface area contributed by atoms with Crippen LogP contribution in [0.1, 0.15) is 25.3 Å². The smallest absolute Gasteiger partial charge is 0.120 e. The van der Waals surface area contributed by atoms with Gasteiger partial charge >= 0.3 is 0 Å². The fraction of sp³-hybridized carbons (Fsp3) is 0.538. The first-order valence-electron chi connectivity index (χ1n) is 5.89. The highest BCUT2D eigenvalue weighted by molar-refractivity contribution is 5.31. The summed E-state index contributed by atoms with van der Waals surface area (Å²) in [5.41, 5.74) is 0.938. The second kappa shape index (κ2) is 5.32. The summed E-state index contributed by atoms with van der Waals surface area (Å²) in [5.74, 6) is 0.357. The van der Waals surface area contributed by atoms with Crippen LogP contribution >= 0.6 is 0 Å². The Bertz CT molecular complexity index is 340. The Hall–Kier alpha value is -1.06. The number of benzene rings is 1. The molecule has 0 aliphatic carbocycles. The number of hydrogen-bond donors (Lipinski definition) is 2. The molecule has 16 heavy (non-hydrogen) atoms. The molecule has 0 amide bonds. The maximum Gasteiger partial charge on any atom is 0.120 e. The summed E-state index contributed by atoms with van der Waals surface area (Å²) >= 11 is 0. The van der Waals surface area contributed by atoms with E-state index < -0.39 is 0 Å². The topological polar surface area (TPSA) is 41.5 Å². The third-order valence-corrected chi connectivity index (χ3v) is 3.00. The molecule has 1 aromatic carbocycles. The summed E-state index contributed by atoms with van der Waals surface area (Å²) in [4.78, 5) is 0. The third-order valence-electron chi connectivity index (χ3n) is 3.00. The zero-order chi connectivity index (χ0) is 11.4. The van der Waals surface area contributed by atoms with Crippen molar-refractivity contribution in [3.8, 4) is 5.75 Å². The first-order chi connectivity index (χ1) is 7.75. The number of ether oxygens (including phenoxy) is 1. The molecule has 1 heterocycles. The van der Waals surface area contributed by atoms with Crippen molar-refractivity contribution in [2.24, 2.45) is 0 Å². The standard InChI is InChI=1S/C13H19NO2/c1-10-6-7-12(16-10)9-14-8-11-4-2-3-5-13(11)15/h2-5,10,12,14-15H,6-9H2,1H3. The Morgan fingerprint density at radius 2 is 2.19 bits per heavy atom. The number of nitrogens with one attached hydrogen (secondary N) is 1. The first kappa shape index (κ1) is 11.4.